The molecule has 2 heteroatoms. The Labute approximate surface area is 113 Å². The van der Waals surface area contributed by atoms with Crippen LogP contribution < -0.4 is 0 Å². The highest BCUT2D eigenvalue weighted by Crippen LogP contribution is 2.50. The van der Waals surface area contributed by atoms with Crippen molar-refractivity contribution in [3.05, 3.63) is 42.0 Å². The Balaban J connectivity index is 1.96. The van der Waals surface area contributed by atoms with Crippen molar-refractivity contribution in [2.75, 3.05) is 0 Å². The second-order valence-corrected chi connectivity index (χ2v) is 7.15. The first-order chi connectivity index (χ1) is 8.71. The summed E-state index contributed by atoms with van der Waals surface area (Å²) in [6.07, 6.45) is 7.53. The van der Waals surface area contributed by atoms with Crippen LogP contribution in [0.25, 0.3) is 6.08 Å². The summed E-state index contributed by atoms with van der Waals surface area (Å²) in [4.78, 5) is 0. The molecule has 2 heterocycles. The maximum atomic E-state index is 11.1. The van der Waals surface area contributed by atoms with Gasteiger partial charge in [-0.3, -0.25) is 0 Å². The van der Waals surface area contributed by atoms with Crippen LogP contribution in [0.3, 0.4) is 0 Å². The van der Waals surface area contributed by atoms with Gasteiger partial charge in [-0.2, -0.15) is 11.8 Å². The molecule has 18 heavy (non-hydrogen) atoms. The van der Waals surface area contributed by atoms with Crippen LogP contribution >= 0.6 is 11.8 Å². The van der Waals surface area contributed by atoms with E-state index in [9.17, 15) is 5.11 Å². The van der Waals surface area contributed by atoms with E-state index >= 15 is 0 Å². The zero-order valence-electron chi connectivity index (χ0n) is 10.6. The van der Waals surface area contributed by atoms with Gasteiger partial charge in [-0.1, -0.05) is 43.3 Å². The van der Waals surface area contributed by atoms with Crippen LogP contribution in [0.15, 0.2) is 30.8 Å². The summed E-state index contributed by atoms with van der Waals surface area (Å²) in [5.41, 5.74) is 1.54. The number of aliphatic hydroxyl groups is 1. The van der Waals surface area contributed by atoms with Crippen LogP contribution in [0.4, 0.5) is 0 Å². The minimum Gasteiger partial charge on any atom is -0.385 e. The molecule has 0 radical (unpaired) electrons. The first kappa shape index (κ1) is 12.3. The second-order valence-electron chi connectivity index (χ2n) is 5.54. The van der Waals surface area contributed by atoms with Crippen molar-refractivity contribution >= 4 is 17.8 Å². The SMILES string of the molecule is C=Cc1ccccc1C1(O)CC2CCCC(C1)S2. The summed E-state index contributed by atoms with van der Waals surface area (Å²) in [7, 11) is 0. The maximum Gasteiger partial charge on any atom is 0.0923 e. The summed E-state index contributed by atoms with van der Waals surface area (Å²) in [5, 5.41) is 12.4. The lowest BCUT2D eigenvalue weighted by Gasteiger charge is -2.44. The molecule has 2 aliphatic heterocycles. The first-order valence-corrected chi connectivity index (χ1v) is 7.75. The summed E-state index contributed by atoms with van der Waals surface area (Å²) in [6, 6.07) is 8.17. The van der Waals surface area contributed by atoms with Crippen LogP contribution in [0.1, 0.15) is 43.2 Å². The van der Waals surface area contributed by atoms with Gasteiger partial charge >= 0.3 is 0 Å². The maximum absolute atomic E-state index is 11.1. The molecule has 0 amide bonds. The quantitative estimate of drug-likeness (QED) is 0.868. The van der Waals surface area contributed by atoms with Gasteiger partial charge in [0, 0.05) is 10.5 Å². The molecular formula is C16H20OS. The normalized spacial score (nSPS) is 35.2. The lowest BCUT2D eigenvalue weighted by Crippen LogP contribution is -2.41. The van der Waals surface area contributed by atoms with E-state index < -0.39 is 5.60 Å². The van der Waals surface area contributed by atoms with Gasteiger partial charge in [-0.15, -0.1) is 0 Å². The van der Waals surface area contributed by atoms with Gasteiger partial charge in [0.05, 0.1) is 5.60 Å². The highest BCUT2D eigenvalue weighted by Gasteiger charge is 2.43. The molecule has 1 aromatic rings. The molecule has 2 unspecified atom stereocenters. The van der Waals surface area contributed by atoms with Crippen LogP contribution in [0, 0.1) is 0 Å². The van der Waals surface area contributed by atoms with Gasteiger partial charge in [0.25, 0.3) is 0 Å². The lowest BCUT2D eigenvalue weighted by atomic mass is 9.79. The average molecular weight is 260 g/mol. The molecule has 2 aliphatic rings. The Kier molecular flexibility index (Phi) is 3.25. The molecule has 0 aliphatic carbocycles. The van der Waals surface area contributed by atoms with Crippen molar-refractivity contribution in [1.82, 2.24) is 0 Å². The summed E-state index contributed by atoms with van der Waals surface area (Å²) in [6.45, 7) is 3.87. The Bertz CT molecular complexity index is 442. The van der Waals surface area contributed by atoms with E-state index in [1.54, 1.807) is 0 Å². The summed E-state index contributed by atoms with van der Waals surface area (Å²) < 4.78 is 0. The topological polar surface area (TPSA) is 20.2 Å². The van der Waals surface area contributed by atoms with Gasteiger partial charge in [0.15, 0.2) is 0 Å². The lowest BCUT2D eigenvalue weighted by molar-refractivity contribution is 0.00796. The third-order valence-electron chi connectivity index (χ3n) is 4.25. The monoisotopic (exact) mass is 260 g/mol. The van der Waals surface area contributed by atoms with Gasteiger partial charge in [-0.25, -0.2) is 0 Å². The molecule has 2 saturated heterocycles. The third kappa shape index (κ3) is 2.12. The number of benzene rings is 1. The highest BCUT2D eigenvalue weighted by molar-refractivity contribution is 8.00. The Morgan fingerprint density at radius 3 is 2.56 bits per heavy atom. The molecule has 1 nitrogen and oxygen atoms in total. The Hall–Kier alpha value is -0.730. The van der Waals surface area contributed by atoms with Gasteiger partial charge in [0.2, 0.25) is 0 Å². The molecule has 2 fully saturated rings. The largest absolute Gasteiger partial charge is 0.385 e. The van der Waals surface area contributed by atoms with E-state index in [1.807, 2.05) is 18.2 Å². The average Bonchev–Trinajstić information content (AvgIpc) is 2.38. The fourth-order valence-electron chi connectivity index (χ4n) is 3.44. The van der Waals surface area contributed by atoms with Crippen LogP contribution in [-0.4, -0.2) is 15.6 Å². The minimum absolute atomic E-state index is 0.633. The number of hydrogen-bond acceptors (Lipinski definition) is 2. The first-order valence-electron chi connectivity index (χ1n) is 6.81. The molecule has 96 valence electrons. The molecule has 0 saturated carbocycles. The minimum atomic E-state index is -0.633. The molecule has 0 aromatic heterocycles. The predicted molar refractivity (Wildman–Crippen MR) is 78.7 cm³/mol. The zero-order chi connectivity index (χ0) is 12.6. The van der Waals surface area contributed by atoms with Gasteiger partial charge in [0.1, 0.15) is 0 Å². The van der Waals surface area contributed by atoms with Crippen molar-refractivity contribution in [3.8, 4) is 0 Å². The third-order valence-corrected chi connectivity index (χ3v) is 5.82. The van der Waals surface area contributed by atoms with Gasteiger partial charge < -0.3 is 5.11 Å². The van der Waals surface area contributed by atoms with Crippen LogP contribution in [0.5, 0.6) is 0 Å². The van der Waals surface area contributed by atoms with Crippen molar-refractivity contribution in [2.24, 2.45) is 0 Å². The molecule has 2 atom stereocenters. The van der Waals surface area contributed by atoms with E-state index in [2.05, 4.69) is 30.5 Å². The molecule has 3 rings (SSSR count). The Morgan fingerprint density at radius 1 is 1.22 bits per heavy atom. The van der Waals surface area contributed by atoms with Crippen molar-refractivity contribution in [3.63, 3.8) is 0 Å². The van der Waals surface area contributed by atoms with E-state index in [0.29, 0.717) is 10.5 Å². The van der Waals surface area contributed by atoms with Crippen LogP contribution in [-0.2, 0) is 5.60 Å². The van der Waals surface area contributed by atoms with E-state index in [0.717, 1.165) is 24.0 Å². The molecule has 1 N–H and O–H groups in total. The predicted octanol–water partition coefficient (Wildman–Crippen LogP) is 3.97. The molecule has 0 spiro atoms. The van der Waals surface area contributed by atoms with Crippen molar-refractivity contribution in [1.29, 1.82) is 0 Å². The standard InChI is InChI=1S/C16H20OS/c1-2-12-6-3-4-9-15(12)16(17)10-13-7-5-8-14(11-16)18-13/h2-4,6,9,13-14,17H,1,5,7-8,10-11H2. The number of hydrogen-bond donors (Lipinski definition) is 1. The van der Waals surface area contributed by atoms with Crippen molar-refractivity contribution in [2.45, 2.75) is 48.2 Å². The van der Waals surface area contributed by atoms with Crippen LogP contribution in [0.2, 0.25) is 0 Å². The summed E-state index contributed by atoms with van der Waals surface area (Å²) in [5.74, 6) is 0. The smallest absolute Gasteiger partial charge is 0.0923 e. The zero-order valence-corrected chi connectivity index (χ0v) is 11.5. The fraction of sp³-hybridized carbons (Fsp3) is 0.500. The van der Waals surface area contributed by atoms with Crippen molar-refractivity contribution < 1.29 is 5.11 Å². The molecule has 2 bridgehead atoms. The second kappa shape index (κ2) is 4.75. The fourth-order valence-corrected chi connectivity index (χ4v) is 5.33. The van der Waals surface area contributed by atoms with E-state index in [-0.39, 0.29) is 0 Å². The molecular weight excluding hydrogens is 240 g/mol. The Morgan fingerprint density at radius 2 is 1.89 bits per heavy atom. The van der Waals surface area contributed by atoms with E-state index in [4.69, 9.17) is 0 Å². The summed E-state index contributed by atoms with van der Waals surface area (Å²) >= 11 is 2.10. The van der Waals surface area contributed by atoms with E-state index in [1.165, 1.54) is 19.3 Å². The molecule has 1 aromatic carbocycles. The number of rotatable bonds is 2. The highest BCUT2D eigenvalue weighted by atomic mass is 32.2. The number of fused-ring (bicyclic) bond motifs is 2. The van der Waals surface area contributed by atoms with Gasteiger partial charge in [-0.05, 0) is 36.8 Å². The number of thioether (sulfide) groups is 1.